The molecule has 0 radical (unpaired) electrons. The van der Waals surface area contributed by atoms with Crippen LogP contribution in [0.1, 0.15) is 43.0 Å². The van der Waals surface area contributed by atoms with Gasteiger partial charge in [0.15, 0.2) is 0 Å². The molecule has 0 atom stereocenters. The number of amides is 2. The Morgan fingerprint density at radius 3 is 1.16 bits per heavy atom. The molecule has 4 rings (SSSR count). The van der Waals surface area contributed by atoms with Crippen LogP contribution in [0.4, 0.5) is 37.7 Å². The van der Waals surface area contributed by atoms with E-state index in [-0.39, 0.29) is 11.1 Å². The minimum Gasteiger partial charge on any atom is -0.506 e. The van der Waals surface area contributed by atoms with Gasteiger partial charge in [-0.15, -0.1) is 12.8 Å². The molecule has 0 bridgehead atoms. The summed E-state index contributed by atoms with van der Waals surface area (Å²) in [7, 11) is 0. The van der Waals surface area contributed by atoms with Gasteiger partial charge in [-0.3, -0.25) is 9.59 Å². The quantitative estimate of drug-likeness (QED) is 0.109. The normalized spacial score (nSPS) is 11.3. The van der Waals surface area contributed by atoms with Gasteiger partial charge in [-0.25, -0.2) is 0 Å². The lowest BCUT2D eigenvalue weighted by atomic mass is 9.91. The first-order valence-electron chi connectivity index (χ1n) is 12.3. The minimum absolute atomic E-state index is 0.164. The summed E-state index contributed by atoms with van der Waals surface area (Å²) >= 11 is 0. The van der Waals surface area contributed by atoms with E-state index in [4.69, 9.17) is 12.8 Å². The number of nitrogens with one attached hydrogen (secondary N) is 2. The van der Waals surface area contributed by atoms with Gasteiger partial charge >= 0.3 is 12.4 Å². The van der Waals surface area contributed by atoms with Crippen molar-refractivity contribution in [2.75, 3.05) is 10.6 Å². The first-order valence-corrected chi connectivity index (χ1v) is 12.3. The highest BCUT2D eigenvalue weighted by Crippen LogP contribution is 2.51. The van der Waals surface area contributed by atoms with Crippen LogP contribution in [0.2, 0.25) is 0 Å². The van der Waals surface area contributed by atoms with Crippen LogP contribution in [-0.2, 0) is 12.4 Å². The van der Waals surface area contributed by atoms with Crippen LogP contribution in [0.3, 0.4) is 0 Å². The Morgan fingerprint density at radius 2 is 0.886 bits per heavy atom. The second-order valence-electron chi connectivity index (χ2n) is 9.11. The zero-order chi connectivity index (χ0) is 32.4. The summed E-state index contributed by atoms with van der Waals surface area (Å²) in [6.07, 6.45) is -0.338. The van der Waals surface area contributed by atoms with Gasteiger partial charge in [0, 0.05) is 22.3 Å². The second-order valence-corrected chi connectivity index (χ2v) is 9.11. The predicted octanol–water partition coefficient (Wildman–Crippen LogP) is 7.27. The van der Waals surface area contributed by atoms with Crippen molar-refractivity contribution in [2.45, 2.75) is 12.4 Å². The van der Waals surface area contributed by atoms with Crippen LogP contribution >= 0.6 is 0 Å². The molecule has 4 aromatic carbocycles. The molecule has 12 heteroatoms. The SMILES string of the molecule is C#Cc1ccc(C(=O)Nc2c(O)ccc(-c3ccc(O)c(NC(=O)c4ccc(C#C)cc4)c3C(F)(F)F)c2C(F)(F)F)cc1. The largest absolute Gasteiger partial charge is 0.506 e. The fourth-order valence-corrected chi connectivity index (χ4v) is 4.28. The van der Waals surface area contributed by atoms with Crippen molar-refractivity contribution < 1.29 is 46.1 Å². The fraction of sp³-hybridized carbons (Fsp3) is 0.0625. The summed E-state index contributed by atoms with van der Waals surface area (Å²) in [5.74, 6) is 0.150. The number of hydrogen-bond donors (Lipinski definition) is 4. The van der Waals surface area contributed by atoms with Crippen LogP contribution in [0.5, 0.6) is 11.5 Å². The Kier molecular flexibility index (Phi) is 8.32. The highest BCUT2D eigenvalue weighted by atomic mass is 19.4. The number of rotatable bonds is 5. The number of phenolic OH excluding ortho intramolecular Hbond substituents is 2. The van der Waals surface area contributed by atoms with Gasteiger partial charge < -0.3 is 20.8 Å². The number of aromatic hydroxyl groups is 2. The fourth-order valence-electron chi connectivity index (χ4n) is 4.28. The molecule has 2 amide bonds. The number of carbonyl (C=O) groups excluding carboxylic acids is 2. The van der Waals surface area contributed by atoms with Crippen molar-refractivity contribution in [3.63, 3.8) is 0 Å². The molecule has 0 heterocycles. The first-order chi connectivity index (χ1) is 20.6. The molecule has 44 heavy (non-hydrogen) atoms. The molecule has 222 valence electrons. The molecule has 0 aliphatic rings. The summed E-state index contributed by atoms with van der Waals surface area (Å²) in [6, 6.07) is 12.6. The van der Waals surface area contributed by atoms with E-state index in [1.807, 2.05) is 10.6 Å². The highest BCUT2D eigenvalue weighted by Gasteiger charge is 2.43. The number of anilines is 2. The number of benzene rings is 4. The number of terminal acetylenes is 2. The van der Waals surface area contributed by atoms with E-state index in [9.17, 15) is 46.1 Å². The Labute approximate surface area is 246 Å². The van der Waals surface area contributed by atoms with E-state index < -0.39 is 69.3 Å². The zero-order valence-corrected chi connectivity index (χ0v) is 22.1. The summed E-state index contributed by atoms with van der Waals surface area (Å²) in [5.41, 5.74) is -7.91. The Morgan fingerprint density at radius 1 is 0.568 bits per heavy atom. The topological polar surface area (TPSA) is 98.7 Å². The lowest BCUT2D eigenvalue weighted by molar-refractivity contribution is -0.138. The van der Waals surface area contributed by atoms with E-state index in [0.717, 1.165) is 0 Å². The van der Waals surface area contributed by atoms with Crippen LogP contribution in [0, 0.1) is 24.7 Å². The zero-order valence-electron chi connectivity index (χ0n) is 22.1. The maximum atomic E-state index is 14.5. The van der Waals surface area contributed by atoms with Crippen LogP contribution in [0.25, 0.3) is 11.1 Å². The Hall–Kier alpha value is -5.88. The number of hydrogen-bond acceptors (Lipinski definition) is 4. The number of carbonyl (C=O) groups is 2. The van der Waals surface area contributed by atoms with Crippen LogP contribution in [-0.4, -0.2) is 22.0 Å². The van der Waals surface area contributed by atoms with Crippen molar-refractivity contribution in [3.8, 4) is 47.3 Å². The maximum Gasteiger partial charge on any atom is 0.419 e. The molecular formula is C32H18F6N2O4. The van der Waals surface area contributed by atoms with Gasteiger partial charge in [0.2, 0.25) is 0 Å². The third-order valence-corrected chi connectivity index (χ3v) is 6.33. The average Bonchev–Trinajstić information content (AvgIpc) is 2.97. The van der Waals surface area contributed by atoms with Gasteiger partial charge in [0.1, 0.15) is 11.5 Å². The van der Waals surface area contributed by atoms with Gasteiger partial charge in [-0.1, -0.05) is 11.8 Å². The molecule has 0 aromatic heterocycles. The molecular weight excluding hydrogens is 590 g/mol. The van der Waals surface area contributed by atoms with E-state index in [2.05, 4.69) is 11.8 Å². The van der Waals surface area contributed by atoms with Crippen molar-refractivity contribution in [1.82, 2.24) is 0 Å². The van der Waals surface area contributed by atoms with E-state index in [1.165, 1.54) is 48.5 Å². The molecule has 0 saturated carbocycles. The van der Waals surface area contributed by atoms with E-state index >= 15 is 0 Å². The van der Waals surface area contributed by atoms with E-state index in [1.54, 1.807) is 0 Å². The second kappa shape index (κ2) is 11.8. The third kappa shape index (κ3) is 6.30. The first kappa shape index (κ1) is 31.1. The molecule has 0 saturated heterocycles. The number of halogens is 6. The lowest BCUT2D eigenvalue weighted by Crippen LogP contribution is -2.20. The Balaban J connectivity index is 1.90. The molecule has 0 aliphatic heterocycles. The lowest BCUT2D eigenvalue weighted by Gasteiger charge is -2.23. The van der Waals surface area contributed by atoms with Crippen LogP contribution in [0.15, 0.2) is 72.8 Å². The maximum absolute atomic E-state index is 14.5. The smallest absolute Gasteiger partial charge is 0.419 e. The van der Waals surface area contributed by atoms with Gasteiger partial charge in [0.05, 0.1) is 22.5 Å². The molecule has 4 N–H and O–H groups in total. The van der Waals surface area contributed by atoms with Crippen molar-refractivity contribution >= 4 is 23.2 Å². The number of alkyl halides is 6. The average molecular weight is 608 g/mol. The third-order valence-electron chi connectivity index (χ3n) is 6.33. The number of phenols is 2. The van der Waals surface area contributed by atoms with Gasteiger partial charge in [-0.05, 0) is 83.9 Å². The Bertz CT molecular complexity index is 1710. The van der Waals surface area contributed by atoms with E-state index in [0.29, 0.717) is 35.4 Å². The highest BCUT2D eigenvalue weighted by molar-refractivity contribution is 6.07. The molecule has 0 fully saturated rings. The van der Waals surface area contributed by atoms with Gasteiger partial charge in [-0.2, -0.15) is 26.3 Å². The molecule has 0 aliphatic carbocycles. The molecule has 6 nitrogen and oxygen atoms in total. The molecule has 0 unspecified atom stereocenters. The van der Waals surface area contributed by atoms with Crippen molar-refractivity contribution in [3.05, 3.63) is 106 Å². The monoisotopic (exact) mass is 608 g/mol. The van der Waals surface area contributed by atoms with Crippen molar-refractivity contribution in [2.24, 2.45) is 0 Å². The van der Waals surface area contributed by atoms with Crippen molar-refractivity contribution in [1.29, 1.82) is 0 Å². The van der Waals surface area contributed by atoms with Crippen LogP contribution < -0.4 is 10.6 Å². The predicted molar refractivity (Wildman–Crippen MR) is 150 cm³/mol. The summed E-state index contributed by atoms with van der Waals surface area (Å²) in [5, 5.41) is 24.5. The molecule has 4 aromatic rings. The summed E-state index contributed by atoms with van der Waals surface area (Å²) in [4.78, 5) is 25.6. The van der Waals surface area contributed by atoms with Gasteiger partial charge in [0.25, 0.3) is 11.8 Å². The summed E-state index contributed by atoms with van der Waals surface area (Å²) in [6.45, 7) is 0. The minimum atomic E-state index is -5.42. The molecule has 0 spiro atoms. The summed E-state index contributed by atoms with van der Waals surface area (Å²) < 4.78 is 87.2. The standard InChI is InChI=1S/C32H18F6N2O4/c1-3-17-5-9-19(10-6-17)29(43)39-27-23(41)15-13-21(25(27)31(33,34)35)22-14-16-24(42)28(26(22)32(36,37)38)40-30(44)20-11-7-18(4-2)8-12-20/h1-2,5-16,41-42H,(H,39,43)(H,40,44).